The molecule has 4 nitrogen and oxygen atoms in total. The lowest BCUT2D eigenvalue weighted by Crippen LogP contribution is -2.46. The summed E-state index contributed by atoms with van der Waals surface area (Å²) in [5.74, 6) is 1.15. The molecule has 1 fully saturated rings. The minimum absolute atomic E-state index is 0.914. The molecule has 19 heavy (non-hydrogen) atoms. The van der Waals surface area contributed by atoms with Crippen molar-refractivity contribution in [3.05, 3.63) is 23.4 Å². The van der Waals surface area contributed by atoms with E-state index in [1.165, 1.54) is 11.3 Å². The summed E-state index contributed by atoms with van der Waals surface area (Å²) in [6, 6.07) is 4.44. The van der Waals surface area contributed by atoms with E-state index in [0.29, 0.717) is 0 Å². The summed E-state index contributed by atoms with van der Waals surface area (Å²) in [5.41, 5.74) is 2.53. The molecule has 1 N–H and O–H groups in total. The molecule has 0 radical (unpaired) electrons. The molecule has 0 unspecified atom stereocenters. The van der Waals surface area contributed by atoms with Crippen molar-refractivity contribution in [2.24, 2.45) is 0 Å². The Morgan fingerprint density at radius 1 is 1.16 bits per heavy atom. The van der Waals surface area contributed by atoms with E-state index in [-0.39, 0.29) is 0 Å². The average molecular weight is 262 g/mol. The van der Waals surface area contributed by atoms with E-state index in [4.69, 9.17) is 4.98 Å². The standard InChI is InChI=1S/C15H26N4/c1-4-14-10-13(12-16-3)11-15(17-14)19-8-6-18(5-2)7-9-19/h10-11,16H,4-9,12H2,1-3H3. The van der Waals surface area contributed by atoms with Crippen molar-refractivity contribution in [1.29, 1.82) is 0 Å². The van der Waals surface area contributed by atoms with Crippen molar-refractivity contribution in [3.63, 3.8) is 0 Å². The lowest BCUT2D eigenvalue weighted by atomic mass is 10.2. The van der Waals surface area contributed by atoms with Crippen molar-refractivity contribution in [2.45, 2.75) is 26.8 Å². The van der Waals surface area contributed by atoms with Gasteiger partial charge in [-0.1, -0.05) is 13.8 Å². The van der Waals surface area contributed by atoms with Crippen LogP contribution in [0, 0.1) is 0 Å². The molecule has 0 aromatic carbocycles. The Balaban J connectivity index is 2.12. The highest BCUT2D eigenvalue weighted by Gasteiger charge is 2.17. The first-order valence-corrected chi connectivity index (χ1v) is 7.38. The Kier molecular flexibility index (Phi) is 5.16. The molecule has 1 saturated heterocycles. The molecule has 0 bridgehead atoms. The lowest BCUT2D eigenvalue weighted by molar-refractivity contribution is 0.270. The molecule has 1 aromatic rings. The van der Waals surface area contributed by atoms with Crippen LogP contribution in [-0.4, -0.2) is 49.7 Å². The van der Waals surface area contributed by atoms with Gasteiger partial charge in [0.25, 0.3) is 0 Å². The zero-order chi connectivity index (χ0) is 13.7. The number of aromatic nitrogens is 1. The summed E-state index contributed by atoms with van der Waals surface area (Å²) >= 11 is 0. The smallest absolute Gasteiger partial charge is 0.129 e. The molecule has 1 aliphatic heterocycles. The van der Waals surface area contributed by atoms with Gasteiger partial charge in [0.2, 0.25) is 0 Å². The number of likely N-dealkylation sites (N-methyl/N-ethyl adjacent to an activating group) is 1. The van der Waals surface area contributed by atoms with Crippen molar-refractivity contribution >= 4 is 5.82 Å². The fourth-order valence-electron chi connectivity index (χ4n) is 2.58. The number of aryl methyl sites for hydroxylation is 1. The number of hydrogen-bond donors (Lipinski definition) is 1. The third-order valence-corrected chi connectivity index (χ3v) is 3.81. The van der Waals surface area contributed by atoms with Crippen LogP contribution < -0.4 is 10.2 Å². The summed E-state index contributed by atoms with van der Waals surface area (Å²) in [7, 11) is 1.99. The van der Waals surface area contributed by atoms with Gasteiger partial charge in [0, 0.05) is 38.4 Å². The predicted octanol–water partition coefficient (Wildman–Crippen LogP) is 1.51. The molecule has 1 aliphatic rings. The van der Waals surface area contributed by atoms with Gasteiger partial charge in [0.15, 0.2) is 0 Å². The first-order valence-electron chi connectivity index (χ1n) is 7.38. The van der Waals surface area contributed by atoms with Gasteiger partial charge in [-0.25, -0.2) is 4.98 Å². The van der Waals surface area contributed by atoms with Crippen LogP contribution in [0.25, 0.3) is 0 Å². The number of anilines is 1. The Bertz CT molecular complexity index is 397. The van der Waals surface area contributed by atoms with Crippen molar-refractivity contribution in [1.82, 2.24) is 15.2 Å². The van der Waals surface area contributed by atoms with E-state index in [1.54, 1.807) is 0 Å². The molecule has 4 heteroatoms. The molecule has 0 amide bonds. The second-order valence-corrected chi connectivity index (χ2v) is 5.13. The SMILES string of the molecule is CCc1cc(CNC)cc(N2CCN(CC)CC2)n1. The maximum atomic E-state index is 4.79. The van der Waals surface area contributed by atoms with E-state index in [9.17, 15) is 0 Å². The minimum atomic E-state index is 0.914. The van der Waals surface area contributed by atoms with Gasteiger partial charge in [0.05, 0.1) is 0 Å². The fraction of sp³-hybridized carbons (Fsp3) is 0.667. The molecular formula is C15H26N4. The number of nitrogens with zero attached hydrogens (tertiary/aromatic N) is 3. The number of piperazine rings is 1. The van der Waals surface area contributed by atoms with Gasteiger partial charge in [-0.15, -0.1) is 0 Å². The summed E-state index contributed by atoms with van der Waals surface area (Å²) in [4.78, 5) is 9.70. The molecule has 1 aromatic heterocycles. The van der Waals surface area contributed by atoms with Crippen LogP contribution in [0.1, 0.15) is 25.1 Å². The monoisotopic (exact) mass is 262 g/mol. The molecule has 0 saturated carbocycles. The summed E-state index contributed by atoms with van der Waals surface area (Å²) < 4.78 is 0. The maximum Gasteiger partial charge on any atom is 0.129 e. The van der Waals surface area contributed by atoms with E-state index in [0.717, 1.165) is 51.5 Å². The number of rotatable bonds is 5. The van der Waals surface area contributed by atoms with Crippen LogP contribution in [0.15, 0.2) is 12.1 Å². The Morgan fingerprint density at radius 3 is 2.47 bits per heavy atom. The number of pyridine rings is 1. The normalized spacial score (nSPS) is 16.9. The van der Waals surface area contributed by atoms with Crippen LogP contribution in [0.2, 0.25) is 0 Å². The average Bonchev–Trinajstić information content (AvgIpc) is 2.47. The van der Waals surface area contributed by atoms with Crippen LogP contribution >= 0.6 is 0 Å². The fourth-order valence-corrected chi connectivity index (χ4v) is 2.58. The van der Waals surface area contributed by atoms with Gasteiger partial charge < -0.3 is 15.1 Å². The van der Waals surface area contributed by atoms with Gasteiger partial charge in [-0.2, -0.15) is 0 Å². The second-order valence-electron chi connectivity index (χ2n) is 5.13. The lowest BCUT2D eigenvalue weighted by Gasteiger charge is -2.35. The highest BCUT2D eigenvalue weighted by Crippen LogP contribution is 2.17. The zero-order valence-electron chi connectivity index (χ0n) is 12.4. The Hall–Kier alpha value is -1.13. The van der Waals surface area contributed by atoms with Crippen molar-refractivity contribution in [2.75, 3.05) is 44.7 Å². The number of hydrogen-bond acceptors (Lipinski definition) is 4. The minimum Gasteiger partial charge on any atom is -0.354 e. The molecule has 106 valence electrons. The molecule has 0 atom stereocenters. The molecular weight excluding hydrogens is 236 g/mol. The Labute approximate surface area is 116 Å². The molecule has 0 aliphatic carbocycles. The highest BCUT2D eigenvalue weighted by molar-refractivity contribution is 5.43. The van der Waals surface area contributed by atoms with Gasteiger partial charge in [-0.05, 0) is 37.7 Å². The first-order chi connectivity index (χ1) is 9.26. The van der Waals surface area contributed by atoms with Crippen LogP contribution in [0.5, 0.6) is 0 Å². The summed E-state index contributed by atoms with van der Waals surface area (Å²) in [6.45, 7) is 10.9. The second kappa shape index (κ2) is 6.87. The van der Waals surface area contributed by atoms with Crippen molar-refractivity contribution < 1.29 is 0 Å². The first kappa shape index (κ1) is 14.3. The van der Waals surface area contributed by atoms with Gasteiger partial charge in [-0.3, -0.25) is 0 Å². The van der Waals surface area contributed by atoms with E-state index in [2.05, 4.69) is 41.1 Å². The molecule has 2 rings (SSSR count). The van der Waals surface area contributed by atoms with Crippen LogP contribution in [0.4, 0.5) is 5.82 Å². The largest absolute Gasteiger partial charge is 0.354 e. The molecule has 2 heterocycles. The highest BCUT2D eigenvalue weighted by atomic mass is 15.3. The van der Waals surface area contributed by atoms with E-state index in [1.807, 2.05) is 7.05 Å². The van der Waals surface area contributed by atoms with Crippen LogP contribution in [0.3, 0.4) is 0 Å². The zero-order valence-corrected chi connectivity index (χ0v) is 12.4. The third-order valence-electron chi connectivity index (χ3n) is 3.81. The summed E-state index contributed by atoms with van der Waals surface area (Å²) in [5, 5.41) is 3.23. The third kappa shape index (κ3) is 3.67. The predicted molar refractivity (Wildman–Crippen MR) is 80.7 cm³/mol. The quantitative estimate of drug-likeness (QED) is 0.871. The van der Waals surface area contributed by atoms with Gasteiger partial charge >= 0.3 is 0 Å². The summed E-state index contributed by atoms with van der Waals surface area (Å²) in [6.07, 6.45) is 0.999. The van der Waals surface area contributed by atoms with E-state index < -0.39 is 0 Å². The van der Waals surface area contributed by atoms with E-state index >= 15 is 0 Å². The van der Waals surface area contributed by atoms with Crippen molar-refractivity contribution in [3.8, 4) is 0 Å². The number of nitrogens with one attached hydrogen (secondary N) is 1. The maximum absolute atomic E-state index is 4.79. The Morgan fingerprint density at radius 2 is 1.89 bits per heavy atom. The van der Waals surface area contributed by atoms with Crippen LogP contribution in [-0.2, 0) is 13.0 Å². The topological polar surface area (TPSA) is 31.4 Å². The van der Waals surface area contributed by atoms with Gasteiger partial charge in [0.1, 0.15) is 5.82 Å². The molecule has 0 spiro atoms.